The van der Waals surface area contributed by atoms with Crippen molar-refractivity contribution in [3.8, 4) is 0 Å². The molecule has 2 heterocycles. The molecule has 2 aromatic rings. The lowest BCUT2D eigenvalue weighted by Gasteiger charge is -2.34. The fraction of sp³-hybridized carbons (Fsp3) is 0.294. The van der Waals surface area contributed by atoms with E-state index in [4.69, 9.17) is 23.2 Å². The van der Waals surface area contributed by atoms with Crippen LogP contribution in [-0.2, 0) is 6.54 Å². The van der Waals surface area contributed by atoms with Crippen molar-refractivity contribution >= 4 is 34.9 Å². The lowest BCUT2D eigenvalue weighted by molar-refractivity contribution is 0.143. The Hall–Kier alpha value is -1.82. The molecule has 0 saturated carbocycles. The van der Waals surface area contributed by atoms with Gasteiger partial charge in [0.15, 0.2) is 0 Å². The summed E-state index contributed by atoms with van der Waals surface area (Å²) < 4.78 is 0. The molecule has 0 spiro atoms. The fourth-order valence-electron chi connectivity index (χ4n) is 2.66. The maximum atomic E-state index is 12.4. The Morgan fingerprint density at radius 2 is 1.79 bits per heavy atom. The van der Waals surface area contributed by atoms with E-state index in [-0.39, 0.29) is 6.03 Å². The quantitative estimate of drug-likeness (QED) is 0.902. The zero-order valence-corrected chi connectivity index (χ0v) is 14.6. The number of hydrogen-bond acceptors (Lipinski definition) is 3. The van der Waals surface area contributed by atoms with Crippen LogP contribution in [0.25, 0.3) is 0 Å². The van der Waals surface area contributed by atoms with Crippen LogP contribution < -0.4 is 5.32 Å². The molecule has 1 saturated heterocycles. The van der Waals surface area contributed by atoms with E-state index in [1.807, 2.05) is 12.3 Å². The highest BCUT2D eigenvalue weighted by molar-refractivity contribution is 6.39. The Bertz CT molecular complexity index is 683. The van der Waals surface area contributed by atoms with Crippen molar-refractivity contribution in [1.82, 2.24) is 14.8 Å². The molecule has 1 aliphatic rings. The van der Waals surface area contributed by atoms with Gasteiger partial charge in [0.1, 0.15) is 0 Å². The lowest BCUT2D eigenvalue weighted by atomic mass is 10.2. The number of pyridine rings is 1. The van der Waals surface area contributed by atoms with E-state index >= 15 is 0 Å². The third kappa shape index (κ3) is 4.17. The molecule has 24 heavy (non-hydrogen) atoms. The van der Waals surface area contributed by atoms with E-state index in [0.717, 1.165) is 19.6 Å². The van der Waals surface area contributed by atoms with Crippen molar-refractivity contribution in [2.75, 3.05) is 31.5 Å². The molecular formula is C17H18Cl2N4O. The molecule has 3 rings (SSSR count). The molecule has 1 fully saturated rings. The second kappa shape index (κ2) is 7.83. The molecule has 1 aromatic carbocycles. The monoisotopic (exact) mass is 364 g/mol. The van der Waals surface area contributed by atoms with Crippen LogP contribution in [0, 0.1) is 0 Å². The first-order chi connectivity index (χ1) is 11.6. The third-order valence-corrected chi connectivity index (χ3v) is 4.61. The number of urea groups is 1. The number of carbonyl (C=O) groups is 1. The number of hydrogen-bond donors (Lipinski definition) is 1. The van der Waals surface area contributed by atoms with E-state index in [1.165, 1.54) is 5.56 Å². The number of nitrogens with one attached hydrogen (secondary N) is 1. The first-order valence-electron chi connectivity index (χ1n) is 7.74. The van der Waals surface area contributed by atoms with Gasteiger partial charge in [-0.3, -0.25) is 9.88 Å². The molecule has 2 amide bonds. The highest BCUT2D eigenvalue weighted by Gasteiger charge is 2.22. The Morgan fingerprint density at radius 1 is 1.08 bits per heavy atom. The predicted molar refractivity (Wildman–Crippen MR) is 96.6 cm³/mol. The molecule has 7 heteroatoms. The largest absolute Gasteiger partial charge is 0.322 e. The molecule has 1 N–H and O–H groups in total. The van der Waals surface area contributed by atoms with Gasteiger partial charge < -0.3 is 10.2 Å². The Labute approximate surface area is 151 Å². The van der Waals surface area contributed by atoms with Crippen molar-refractivity contribution in [1.29, 1.82) is 0 Å². The summed E-state index contributed by atoms with van der Waals surface area (Å²) >= 11 is 12.2. The lowest BCUT2D eigenvalue weighted by Crippen LogP contribution is -2.49. The molecule has 0 aliphatic carbocycles. The number of carbonyl (C=O) groups excluding carboxylic acids is 1. The summed E-state index contributed by atoms with van der Waals surface area (Å²) in [6.45, 7) is 3.80. The number of halogens is 2. The van der Waals surface area contributed by atoms with Gasteiger partial charge in [0, 0.05) is 45.1 Å². The van der Waals surface area contributed by atoms with E-state index in [1.54, 1.807) is 29.3 Å². The van der Waals surface area contributed by atoms with Crippen LogP contribution in [0.2, 0.25) is 10.0 Å². The van der Waals surface area contributed by atoms with Gasteiger partial charge in [-0.2, -0.15) is 0 Å². The van der Waals surface area contributed by atoms with Crippen LogP contribution in [0.1, 0.15) is 5.56 Å². The molecule has 0 radical (unpaired) electrons. The summed E-state index contributed by atoms with van der Waals surface area (Å²) in [6, 6.07) is 8.98. The summed E-state index contributed by atoms with van der Waals surface area (Å²) in [6.07, 6.45) is 3.64. The Morgan fingerprint density at radius 3 is 2.42 bits per heavy atom. The van der Waals surface area contributed by atoms with Crippen LogP contribution >= 0.6 is 23.2 Å². The normalized spacial score (nSPS) is 15.3. The summed E-state index contributed by atoms with van der Waals surface area (Å²) in [5.41, 5.74) is 1.64. The van der Waals surface area contributed by atoms with Gasteiger partial charge >= 0.3 is 6.03 Å². The second-order valence-electron chi connectivity index (χ2n) is 5.65. The predicted octanol–water partition coefficient (Wildman–Crippen LogP) is 3.74. The number of anilines is 1. The highest BCUT2D eigenvalue weighted by Crippen LogP contribution is 2.30. The van der Waals surface area contributed by atoms with Crippen LogP contribution in [0.5, 0.6) is 0 Å². The first kappa shape index (κ1) is 17.0. The highest BCUT2D eigenvalue weighted by atomic mass is 35.5. The van der Waals surface area contributed by atoms with E-state index in [2.05, 4.69) is 21.3 Å². The number of benzene rings is 1. The molecule has 126 valence electrons. The number of piperazine rings is 1. The Kier molecular flexibility index (Phi) is 5.56. The summed E-state index contributed by atoms with van der Waals surface area (Å²) in [5.74, 6) is 0. The van der Waals surface area contributed by atoms with Crippen molar-refractivity contribution in [2.24, 2.45) is 0 Å². The molecule has 0 unspecified atom stereocenters. The SMILES string of the molecule is O=C(Nc1c(Cl)cccc1Cl)N1CCN(Cc2cccnc2)CC1. The smallest absolute Gasteiger partial charge is 0.322 e. The van der Waals surface area contributed by atoms with Crippen LogP contribution in [0.3, 0.4) is 0 Å². The second-order valence-corrected chi connectivity index (χ2v) is 6.47. The van der Waals surface area contributed by atoms with Gasteiger partial charge in [-0.1, -0.05) is 35.3 Å². The molecule has 1 aromatic heterocycles. The molecular weight excluding hydrogens is 347 g/mol. The van der Waals surface area contributed by atoms with Gasteiger partial charge in [0.25, 0.3) is 0 Å². The molecule has 0 bridgehead atoms. The van der Waals surface area contributed by atoms with Gasteiger partial charge in [-0.05, 0) is 23.8 Å². The number of nitrogens with zero attached hydrogens (tertiary/aromatic N) is 3. The van der Waals surface area contributed by atoms with E-state index < -0.39 is 0 Å². The average Bonchev–Trinajstić information content (AvgIpc) is 2.60. The number of rotatable bonds is 3. The Balaban J connectivity index is 1.54. The van der Waals surface area contributed by atoms with Crippen LogP contribution in [0.15, 0.2) is 42.7 Å². The number of amides is 2. The first-order valence-corrected chi connectivity index (χ1v) is 8.50. The van der Waals surface area contributed by atoms with E-state index in [0.29, 0.717) is 28.8 Å². The number of aromatic nitrogens is 1. The van der Waals surface area contributed by atoms with Crippen molar-refractivity contribution in [2.45, 2.75) is 6.54 Å². The van der Waals surface area contributed by atoms with Gasteiger partial charge in [-0.15, -0.1) is 0 Å². The zero-order valence-electron chi connectivity index (χ0n) is 13.1. The van der Waals surface area contributed by atoms with Gasteiger partial charge in [0.05, 0.1) is 15.7 Å². The maximum Gasteiger partial charge on any atom is 0.322 e. The average molecular weight is 365 g/mol. The number of para-hydroxylation sites is 1. The minimum Gasteiger partial charge on any atom is -0.322 e. The zero-order chi connectivity index (χ0) is 16.9. The van der Waals surface area contributed by atoms with Gasteiger partial charge in [0.2, 0.25) is 0 Å². The molecule has 1 aliphatic heterocycles. The molecule has 0 atom stereocenters. The standard InChI is InChI=1S/C17H18Cl2N4O/c18-14-4-1-5-15(19)16(14)21-17(24)23-9-7-22(8-10-23)12-13-3-2-6-20-11-13/h1-6,11H,7-10,12H2,(H,21,24). The van der Waals surface area contributed by atoms with Gasteiger partial charge in [-0.25, -0.2) is 4.79 Å². The maximum absolute atomic E-state index is 12.4. The minimum atomic E-state index is -0.175. The fourth-order valence-corrected chi connectivity index (χ4v) is 3.15. The summed E-state index contributed by atoms with van der Waals surface area (Å²) in [5, 5.41) is 3.68. The van der Waals surface area contributed by atoms with Crippen LogP contribution in [-0.4, -0.2) is 47.0 Å². The summed E-state index contributed by atoms with van der Waals surface area (Å²) in [4.78, 5) is 20.6. The molecule has 5 nitrogen and oxygen atoms in total. The van der Waals surface area contributed by atoms with Crippen molar-refractivity contribution in [3.05, 3.63) is 58.3 Å². The third-order valence-electron chi connectivity index (χ3n) is 3.98. The van der Waals surface area contributed by atoms with E-state index in [9.17, 15) is 4.79 Å². The summed E-state index contributed by atoms with van der Waals surface area (Å²) in [7, 11) is 0. The topological polar surface area (TPSA) is 48.5 Å². The van der Waals surface area contributed by atoms with Crippen molar-refractivity contribution in [3.63, 3.8) is 0 Å². The minimum absolute atomic E-state index is 0.175. The van der Waals surface area contributed by atoms with Crippen molar-refractivity contribution < 1.29 is 4.79 Å². The van der Waals surface area contributed by atoms with Crippen LogP contribution in [0.4, 0.5) is 10.5 Å².